The van der Waals surface area contributed by atoms with Crippen LogP contribution in [-0.4, -0.2) is 39.9 Å². The third-order valence-corrected chi connectivity index (χ3v) is 20.8. The maximum absolute atomic E-state index is 4.64. The summed E-state index contributed by atoms with van der Waals surface area (Å²) >= 11 is 0. The van der Waals surface area contributed by atoms with E-state index in [2.05, 4.69) is 358 Å². The van der Waals surface area contributed by atoms with Gasteiger partial charge in [-0.05, 0) is 201 Å². The molecule has 0 N–H and O–H groups in total. The lowest BCUT2D eigenvalue weighted by molar-refractivity contribution is -0.633. The Kier molecular flexibility index (Phi) is 20.6. The molecule has 0 aliphatic rings. The zero-order chi connectivity index (χ0) is 73.9. The zero-order valence-corrected chi connectivity index (χ0v) is 63.4. The largest absolute Gasteiger partial charge is 0.261 e. The SMILES string of the molecule is Cc1cc(C)c(C)c(-c2ccc3c(-c4cnccn4)cccc3[n+]2C)c1.Cc1cc(C)c(C)c(-c2ccc3c(-c4ncccn4)cccc3[n+]2C)c1.Cc1cc(C)c(C)c(-c2ccc3c(-c4ncncn4)cccc3[n+]2C)c1.Cc1ccc(-c2cccc3c2ccc(-c2cc(C)cc(C)c2C)[n+]3C)nc1. The third kappa shape index (κ3) is 14.5. The van der Waals surface area contributed by atoms with E-state index >= 15 is 0 Å². The van der Waals surface area contributed by atoms with Crippen molar-refractivity contribution < 1.29 is 18.3 Å². The van der Waals surface area contributed by atoms with Gasteiger partial charge in [0.1, 0.15) is 40.8 Å². The minimum atomic E-state index is 0.695. The van der Waals surface area contributed by atoms with E-state index in [0.717, 1.165) is 50.2 Å². The van der Waals surface area contributed by atoms with E-state index in [9.17, 15) is 0 Å². The van der Waals surface area contributed by atoms with Crippen molar-refractivity contribution in [1.29, 1.82) is 0 Å². The molecule has 0 spiro atoms. The summed E-state index contributed by atoms with van der Waals surface area (Å²) in [5.74, 6) is 1.45. The van der Waals surface area contributed by atoms with Gasteiger partial charge in [-0.2, -0.15) is 18.3 Å². The number of aromatic nitrogens is 12. The Morgan fingerprint density at radius 2 is 0.581 bits per heavy atom. The number of hydrogen-bond acceptors (Lipinski definition) is 8. The monoisotopic (exact) mass is 1370 g/mol. The van der Waals surface area contributed by atoms with Gasteiger partial charge in [-0.25, -0.2) is 24.9 Å². The van der Waals surface area contributed by atoms with Crippen LogP contribution in [0, 0.1) is 90.0 Å². The first-order valence-electron chi connectivity index (χ1n) is 35.7. The Bertz CT molecular complexity index is 5540. The van der Waals surface area contributed by atoms with Crippen LogP contribution in [0.1, 0.15) is 72.3 Å². The van der Waals surface area contributed by atoms with Crippen LogP contribution in [-0.2, 0) is 28.2 Å². The quantitative estimate of drug-likeness (QED) is 0.138. The van der Waals surface area contributed by atoms with Crippen LogP contribution in [0.5, 0.6) is 0 Å². The van der Waals surface area contributed by atoms with Gasteiger partial charge in [-0.15, -0.1) is 0 Å². The Hall–Kier alpha value is -12.3. The van der Waals surface area contributed by atoms with Gasteiger partial charge in [0.05, 0.1) is 39.1 Å². The van der Waals surface area contributed by atoms with Crippen molar-refractivity contribution in [3.05, 3.63) is 310 Å². The molecule has 8 aromatic carbocycles. The second-order valence-electron chi connectivity index (χ2n) is 27.9. The summed E-state index contributed by atoms with van der Waals surface area (Å²) in [6.45, 7) is 28.2. The van der Waals surface area contributed by atoms with Crippen molar-refractivity contribution in [2.45, 2.75) is 90.0 Å². The third-order valence-electron chi connectivity index (χ3n) is 20.8. The van der Waals surface area contributed by atoms with Crippen LogP contribution in [0.4, 0.5) is 0 Å². The first-order chi connectivity index (χ1) is 50.6. The summed E-state index contributed by atoms with van der Waals surface area (Å²) < 4.78 is 9.09. The molecule has 16 aromatic rings. The van der Waals surface area contributed by atoms with Crippen LogP contribution in [0.25, 0.3) is 134 Å². The molecule has 16 rings (SSSR count). The smallest absolute Gasteiger partial charge is 0.213 e. The highest BCUT2D eigenvalue weighted by atomic mass is 15.0. The van der Waals surface area contributed by atoms with Crippen molar-refractivity contribution in [2.24, 2.45) is 28.2 Å². The number of aryl methyl sites for hydroxylation is 13. The number of benzene rings is 8. The Balaban J connectivity index is 0.000000124. The van der Waals surface area contributed by atoms with Crippen molar-refractivity contribution in [1.82, 2.24) is 39.9 Å². The average molecular weight is 1380 g/mol. The van der Waals surface area contributed by atoms with Gasteiger partial charge in [-0.3, -0.25) is 15.0 Å². The molecule has 12 nitrogen and oxygen atoms in total. The first kappa shape index (κ1) is 71.1. The number of nitrogens with zero attached hydrogens (tertiary/aromatic N) is 12. The molecular weight excluding hydrogens is 1290 g/mol. The highest BCUT2D eigenvalue weighted by Crippen LogP contribution is 2.35. The fraction of sp³-hybridized carbons (Fsp3) is 0.183. The predicted octanol–water partition coefficient (Wildman–Crippen LogP) is 19.2. The van der Waals surface area contributed by atoms with E-state index in [1.165, 1.54) is 163 Å². The average Bonchev–Trinajstić information content (AvgIpc) is 0.782. The fourth-order valence-electron chi connectivity index (χ4n) is 14.7. The van der Waals surface area contributed by atoms with E-state index in [1.54, 1.807) is 24.8 Å². The number of pyridine rings is 5. The molecule has 12 heteroatoms. The molecule has 8 heterocycles. The predicted molar refractivity (Wildman–Crippen MR) is 428 cm³/mol. The standard InChI is InChI=1S/C25H25N2.2C23H22N3.C22H21N4/c1-16-9-11-23(26-15-16)20-7-6-8-24-21(20)10-12-25(27(24)5)22-14-17(2)13-18(3)19(22)4;1-15-13-16(2)17(3)20(14-15)22-10-9-18-19(23-24-11-6-12-25-23)7-5-8-21(18)26(22)4;1-15-12-16(2)17(3)20(13-15)23-9-8-19-18(21-14-24-10-11-25-21)6-5-7-22(19)26(23)4;1-14-10-15(2)16(3)19(11-14)21-9-8-17-18(22-24-12-23-13-25-22)6-5-7-20(17)26(21)4/h6-15H,1-5H3;2*5-14H,1-4H3;5-13H,1-4H3/q4*+1. The van der Waals surface area contributed by atoms with E-state index in [1.807, 2.05) is 18.5 Å². The number of hydrogen-bond donors (Lipinski definition) is 0. The van der Waals surface area contributed by atoms with Crippen LogP contribution < -0.4 is 18.3 Å². The molecule has 0 radical (unpaired) electrons. The van der Waals surface area contributed by atoms with Crippen LogP contribution in [0.15, 0.2) is 238 Å². The molecule has 0 amide bonds. The van der Waals surface area contributed by atoms with Crippen LogP contribution >= 0.6 is 0 Å². The van der Waals surface area contributed by atoms with Gasteiger partial charge in [-0.1, -0.05) is 101 Å². The highest BCUT2D eigenvalue weighted by Gasteiger charge is 2.25. The molecule has 8 aromatic heterocycles. The molecule has 0 saturated carbocycles. The molecule has 0 atom stereocenters. The van der Waals surface area contributed by atoms with E-state index in [-0.39, 0.29) is 0 Å². The van der Waals surface area contributed by atoms with Crippen LogP contribution in [0.2, 0.25) is 0 Å². The van der Waals surface area contributed by atoms with Gasteiger partial charge in [0, 0.05) is 124 Å². The minimum absolute atomic E-state index is 0.695. The molecule has 0 fully saturated rings. The number of rotatable bonds is 8. The lowest BCUT2D eigenvalue weighted by Crippen LogP contribution is -2.32. The number of fused-ring (bicyclic) bond motifs is 4. The van der Waals surface area contributed by atoms with Gasteiger partial charge < -0.3 is 0 Å². The Morgan fingerprint density at radius 3 is 0.924 bits per heavy atom. The van der Waals surface area contributed by atoms with Gasteiger partial charge in [0.2, 0.25) is 44.8 Å². The van der Waals surface area contributed by atoms with Crippen molar-refractivity contribution >= 4 is 43.6 Å². The molecule has 518 valence electrons. The lowest BCUT2D eigenvalue weighted by Gasteiger charge is -2.11. The summed E-state index contributed by atoms with van der Waals surface area (Å²) in [6, 6.07) is 67.1. The van der Waals surface area contributed by atoms with Crippen molar-refractivity contribution in [3.8, 4) is 90.3 Å². The normalized spacial score (nSPS) is 11.1. The lowest BCUT2D eigenvalue weighted by atomic mass is 9.96. The van der Waals surface area contributed by atoms with Crippen molar-refractivity contribution in [3.63, 3.8) is 0 Å². The van der Waals surface area contributed by atoms with Gasteiger partial charge in [0.15, 0.2) is 11.6 Å². The summed E-state index contributed by atoms with van der Waals surface area (Å²) in [4.78, 5) is 34.7. The van der Waals surface area contributed by atoms with E-state index in [0.29, 0.717) is 5.82 Å². The zero-order valence-electron chi connectivity index (χ0n) is 63.4. The molecule has 0 bridgehead atoms. The first-order valence-corrected chi connectivity index (χ1v) is 35.7. The summed E-state index contributed by atoms with van der Waals surface area (Å²) in [5.41, 5.74) is 38.0. The van der Waals surface area contributed by atoms with Gasteiger partial charge >= 0.3 is 0 Å². The van der Waals surface area contributed by atoms with Crippen LogP contribution in [0.3, 0.4) is 0 Å². The fourth-order valence-corrected chi connectivity index (χ4v) is 14.7. The van der Waals surface area contributed by atoms with Crippen molar-refractivity contribution in [2.75, 3.05) is 0 Å². The molecular formula is C93H90N12+4. The van der Waals surface area contributed by atoms with Gasteiger partial charge in [0.25, 0.3) is 0 Å². The molecule has 0 unspecified atom stereocenters. The van der Waals surface area contributed by atoms with E-state index in [4.69, 9.17) is 0 Å². The summed E-state index contributed by atoms with van der Waals surface area (Å²) in [6.07, 6.45) is 13.8. The molecule has 105 heavy (non-hydrogen) atoms. The summed E-state index contributed by atoms with van der Waals surface area (Å²) in [5, 5.41) is 4.70. The second kappa shape index (κ2) is 30.3. The Morgan fingerprint density at radius 1 is 0.238 bits per heavy atom. The summed E-state index contributed by atoms with van der Waals surface area (Å²) in [7, 11) is 8.53. The molecule has 0 aliphatic heterocycles. The van der Waals surface area contributed by atoms with E-state index < -0.39 is 0 Å². The topological polar surface area (TPSA) is 119 Å². The highest BCUT2D eigenvalue weighted by molar-refractivity contribution is 5.96. The second-order valence-corrected chi connectivity index (χ2v) is 27.9. The molecule has 0 saturated heterocycles. The Labute approximate surface area is 616 Å². The minimum Gasteiger partial charge on any atom is -0.261 e. The maximum atomic E-state index is 4.64. The maximum Gasteiger partial charge on any atom is 0.213 e. The molecule has 0 aliphatic carbocycles.